The van der Waals surface area contributed by atoms with Gasteiger partial charge in [-0.3, -0.25) is 4.79 Å². The molecule has 0 bridgehead atoms. The van der Waals surface area contributed by atoms with Crippen LogP contribution in [0.2, 0.25) is 0 Å². The molecule has 1 aliphatic rings. The summed E-state index contributed by atoms with van der Waals surface area (Å²) in [6.07, 6.45) is 5.30. The molecule has 186 valence electrons. The zero-order valence-electron chi connectivity index (χ0n) is 21.5. The number of likely N-dealkylation sites (tertiary alicyclic amines) is 1. The quantitative estimate of drug-likeness (QED) is 0.367. The van der Waals surface area contributed by atoms with Crippen LogP contribution in [-0.2, 0) is 14.9 Å². The van der Waals surface area contributed by atoms with Crippen LogP contribution in [0, 0.1) is 5.92 Å². The normalized spacial score (nSPS) is 15.4. The van der Waals surface area contributed by atoms with Gasteiger partial charge in [0.1, 0.15) is 16.9 Å². The van der Waals surface area contributed by atoms with E-state index in [1.54, 1.807) is 14.2 Å². The summed E-state index contributed by atoms with van der Waals surface area (Å²) >= 11 is 0. The summed E-state index contributed by atoms with van der Waals surface area (Å²) in [6, 6.07) is 16.1. The third-order valence-corrected chi connectivity index (χ3v) is 7.07. The number of nitrogens with zero attached hydrogens (tertiary/aromatic N) is 1. The van der Waals surface area contributed by atoms with Crippen molar-refractivity contribution >= 4 is 5.97 Å². The van der Waals surface area contributed by atoms with E-state index in [4.69, 9.17) is 14.2 Å². The van der Waals surface area contributed by atoms with Gasteiger partial charge in [0.05, 0.1) is 20.8 Å². The minimum absolute atomic E-state index is 0.195. The van der Waals surface area contributed by atoms with Crippen molar-refractivity contribution in [3.8, 4) is 11.5 Å². The van der Waals surface area contributed by atoms with Crippen molar-refractivity contribution < 1.29 is 19.0 Å². The number of rotatable bonds is 12. The van der Waals surface area contributed by atoms with Crippen molar-refractivity contribution in [1.82, 2.24) is 4.90 Å². The lowest BCUT2D eigenvalue weighted by Crippen LogP contribution is -2.46. The highest BCUT2D eigenvalue weighted by Gasteiger charge is 2.46. The number of esters is 1. The molecular weight excluding hydrogens is 426 g/mol. The second-order valence-electron chi connectivity index (χ2n) is 9.66. The summed E-state index contributed by atoms with van der Waals surface area (Å²) in [4.78, 5) is 16.5. The van der Waals surface area contributed by atoms with Crippen molar-refractivity contribution in [3.63, 3.8) is 0 Å². The van der Waals surface area contributed by atoms with E-state index in [2.05, 4.69) is 18.7 Å². The lowest BCUT2D eigenvalue weighted by atomic mass is 9.69. The summed E-state index contributed by atoms with van der Waals surface area (Å²) < 4.78 is 16.6. The van der Waals surface area contributed by atoms with E-state index < -0.39 is 5.41 Å². The first-order valence-electron chi connectivity index (χ1n) is 12.6. The molecule has 0 saturated carbocycles. The fraction of sp³-hybridized carbons (Fsp3) is 0.552. The fourth-order valence-electron chi connectivity index (χ4n) is 5.13. The molecule has 5 nitrogen and oxygen atoms in total. The number of carbonyl (C=O) groups excluding carboxylic acids is 1. The molecule has 34 heavy (non-hydrogen) atoms. The van der Waals surface area contributed by atoms with Crippen molar-refractivity contribution in [3.05, 3.63) is 59.7 Å². The highest BCUT2D eigenvalue weighted by molar-refractivity contribution is 5.88. The molecule has 0 aromatic heterocycles. The average Bonchev–Trinajstić information content (AvgIpc) is 3.39. The molecule has 1 atom stereocenters. The van der Waals surface area contributed by atoms with Crippen LogP contribution in [0.5, 0.6) is 11.5 Å². The fourth-order valence-corrected chi connectivity index (χ4v) is 5.13. The molecule has 0 radical (unpaired) electrons. The van der Waals surface area contributed by atoms with E-state index in [0.29, 0.717) is 25.0 Å². The van der Waals surface area contributed by atoms with Crippen LogP contribution in [0.1, 0.15) is 64.0 Å². The Kier molecular flexibility index (Phi) is 9.40. The molecule has 2 aromatic rings. The highest BCUT2D eigenvalue weighted by Crippen LogP contribution is 2.42. The van der Waals surface area contributed by atoms with E-state index in [-0.39, 0.29) is 5.97 Å². The Balaban J connectivity index is 2.15. The van der Waals surface area contributed by atoms with Crippen molar-refractivity contribution in [2.24, 2.45) is 5.92 Å². The number of benzene rings is 2. The van der Waals surface area contributed by atoms with Gasteiger partial charge in [-0.25, -0.2) is 0 Å². The topological polar surface area (TPSA) is 48.0 Å². The first kappa shape index (κ1) is 26.1. The van der Waals surface area contributed by atoms with Crippen LogP contribution in [0.3, 0.4) is 0 Å². The second-order valence-corrected chi connectivity index (χ2v) is 9.66. The first-order chi connectivity index (χ1) is 16.4. The Morgan fingerprint density at radius 3 is 1.79 bits per heavy atom. The lowest BCUT2D eigenvalue weighted by Gasteiger charge is -2.39. The SMILES string of the molecule is CCOC(=O)C(CC(CCC(C)C)N1CCCC1)(c1ccc(OC)cc1)c1ccc(OC)cc1. The van der Waals surface area contributed by atoms with Gasteiger partial charge in [-0.05, 0) is 93.4 Å². The van der Waals surface area contributed by atoms with Crippen molar-refractivity contribution in [2.45, 2.75) is 64.3 Å². The van der Waals surface area contributed by atoms with Gasteiger partial charge in [0, 0.05) is 6.04 Å². The van der Waals surface area contributed by atoms with Crippen LogP contribution in [-0.4, -0.2) is 50.8 Å². The largest absolute Gasteiger partial charge is 0.497 e. The Morgan fingerprint density at radius 2 is 1.38 bits per heavy atom. The number of ether oxygens (including phenoxy) is 3. The number of hydrogen-bond donors (Lipinski definition) is 0. The molecule has 3 rings (SSSR count). The predicted molar refractivity (Wildman–Crippen MR) is 137 cm³/mol. The third-order valence-electron chi connectivity index (χ3n) is 7.07. The van der Waals surface area contributed by atoms with Gasteiger partial charge >= 0.3 is 5.97 Å². The number of carbonyl (C=O) groups is 1. The van der Waals surface area contributed by atoms with E-state index in [1.165, 1.54) is 12.8 Å². The van der Waals surface area contributed by atoms with Gasteiger partial charge in [0.25, 0.3) is 0 Å². The summed E-state index contributed by atoms with van der Waals surface area (Å²) in [5.41, 5.74) is 0.954. The van der Waals surface area contributed by atoms with Crippen LogP contribution in [0.25, 0.3) is 0 Å². The molecule has 1 fully saturated rings. The van der Waals surface area contributed by atoms with E-state index >= 15 is 0 Å². The summed E-state index contributed by atoms with van der Waals surface area (Å²) in [6.45, 7) is 8.94. The van der Waals surface area contributed by atoms with Crippen LogP contribution in [0.4, 0.5) is 0 Å². The molecular formula is C29H41NO4. The Bertz CT molecular complexity index is 838. The first-order valence-corrected chi connectivity index (χ1v) is 12.6. The monoisotopic (exact) mass is 467 g/mol. The smallest absolute Gasteiger partial charge is 0.321 e. The predicted octanol–water partition coefficient (Wildman–Crippen LogP) is 5.84. The summed E-state index contributed by atoms with van der Waals surface area (Å²) in [7, 11) is 3.32. The number of methoxy groups -OCH3 is 2. The zero-order valence-corrected chi connectivity index (χ0v) is 21.5. The molecule has 1 saturated heterocycles. The molecule has 1 aliphatic heterocycles. The maximum Gasteiger partial charge on any atom is 0.321 e. The van der Waals surface area contributed by atoms with Gasteiger partial charge in [0.15, 0.2) is 0 Å². The van der Waals surface area contributed by atoms with Gasteiger partial charge in [-0.15, -0.1) is 0 Å². The maximum absolute atomic E-state index is 14.0. The summed E-state index contributed by atoms with van der Waals surface area (Å²) in [5, 5.41) is 0. The molecule has 0 spiro atoms. The number of hydrogen-bond acceptors (Lipinski definition) is 5. The molecule has 1 heterocycles. The Labute approximate surface area is 205 Å². The van der Waals surface area contributed by atoms with Gasteiger partial charge in [0.2, 0.25) is 0 Å². The average molecular weight is 468 g/mol. The van der Waals surface area contributed by atoms with E-state index in [9.17, 15) is 4.79 Å². The highest BCUT2D eigenvalue weighted by atomic mass is 16.5. The Hall–Kier alpha value is -2.53. The molecule has 0 N–H and O–H groups in total. The van der Waals surface area contributed by atoms with E-state index in [0.717, 1.165) is 48.6 Å². The lowest BCUT2D eigenvalue weighted by molar-refractivity contribution is -0.149. The Morgan fingerprint density at radius 1 is 0.882 bits per heavy atom. The standard InChI is InChI=1S/C29H41NO4/c1-6-34-28(31)29(23-10-15-26(32-4)16-11-23,24-12-17-27(33-5)18-13-24)21-25(14-9-22(2)3)30-19-7-8-20-30/h10-13,15-18,22,25H,6-9,14,19-21H2,1-5H3. The van der Waals surface area contributed by atoms with Crippen LogP contribution in [0.15, 0.2) is 48.5 Å². The van der Waals surface area contributed by atoms with Gasteiger partial charge < -0.3 is 19.1 Å². The minimum atomic E-state index is -0.918. The molecule has 1 unspecified atom stereocenters. The van der Waals surface area contributed by atoms with Crippen LogP contribution >= 0.6 is 0 Å². The van der Waals surface area contributed by atoms with Gasteiger partial charge in [-0.1, -0.05) is 38.1 Å². The molecule has 0 amide bonds. The van der Waals surface area contributed by atoms with Gasteiger partial charge in [-0.2, -0.15) is 0 Å². The van der Waals surface area contributed by atoms with Crippen molar-refractivity contribution in [2.75, 3.05) is 33.9 Å². The minimum Gasteiger partial charge on any atom is -0.497 e. The van der Waals surface area contributed by atoms with E-state index in [1.807, 2.05) is 55.5 Å². The molecule has 5 heteroatoms. The maximum atomic E-state index is 14.0. The molecule has 0 aliphatic carbocycles. The zero-order chi connectivity index (χ0) is 24.6. The summed E-state index contributed by atoms with van der Waals surface area (Å²) in [5.74, 6) is 1.96. The molecule has 2 aromatic carbocycles. The second kappa shape index (κ2) is 12.3. The third kappa shape index (κ3) is 5.93. The van der Waals surface area contributed by atoms with Crippen molar-refractivity contribution in [1.29, 1.82) is 0 Å². The van der Waals surface area contributed by atoms with Crippen LogP contribution < -0.4 is 9.47 Å².